The van der Waals surface area contributed by atoms with Gasteiger partial charge in [-0.2, -0.15) is 10.1 Å². The molecule has 130 valence electrons. The molecule has 6 nitrogen and oxygen atoms in total. The first-order chi connectivity index (χ1) is 12.1. The Morgan fingerprint density at radius 2 is 2.12 bits per heavy atom. The third kappa shape index (κ3) is 4.73. The predicted octanol–water partition coefficient (Wildman–Crippen LogP) is 2.60. The quantitative estimate of drug-likeness (QED) is 0.656. The molecule has 0 unspecified atom stereocenters. The van der Waals surface area contributed by atoms with Crippen molar-refractivity contribution < 1.29 is 9.18 Å². The summed E-state index contributed by atoms with van der Waals surface area (Å²) < 4.78 is 14.7. The standard InChI is InChI=1S/C17H17ClFN5O/c18-14-8-12(3-5-15(14)19)4-6-16(25)20-7-1-2-13-9-21-17-22-11-23-24(17)10-13/h3,5,8-11H,1-2,4,6-7H2,(H,20,25). The monoisotopic (exact) mass is 361 g/mol. The van der Waals surface area contributed by atoms with E-state index in [-0.39, 0.29) is 10.9 Å². The molecule has 0 bridgehead atoms. The molecule has 1 N–H and O–H groups in total. The molecule has 2 aromatic heterocycles. The zero-order valence-electron chi connectivity index (χ0n) is 13.5. The van der Waals surface area contributed by atoms with Crippen LogP contribution in [0.1, 0.15) is 24.0 Å². The maximum Gasteiger partial charge on any atom is 0.252 e. The lowest BCUT2D eigenvalue weighted by atomic mass is 10.1. The molecule has 0 aliphatic rings. The Balaban J connectivity index is 1.38. The SMILES string of the molecule is O=C(CCc1ccc(F)c(Cl)c1)NCCCc1cnc2ncnn2c1. The van der Waals surface area contributed by atoms with Crippen LogP contribution in [0.4, 0.5) is 4.39 Å². The number of aromatic nitrogens is 4. The largest absolute Gasteiger partial charge is 0.356 e. The fraction of sp³-hybridized carbons (Fsp3) is 0.294. The maximum atomic E-state index is 13.1. The molecule has 0 saturated heterocycles. The van der Waals surface area contributed by atoms with E-state index in [2.05, 4.69) is 20.4 Å². The van der Waals surface area contributed by atoms with Crippen molar-refractivity contribution >= 4 is 23.3 Å². The minimum Gasteiger partial charge on any atom is -0.356 e. The number of carbonyl (C=O) groups excluding carboxylic acids is 1. The Morgan fingerprint density at radius 3 is 2.96 bits per heavy atom. The highest BCUT2D eigenvalue weighted by Gasteiger charge is 2.05. The van der Waals surface area contributed by atoms with Crippen LogP contribution < -0.4 is 5.32 Å². The maximum absolute atomic E-state index is 13.1. The average Bonchev–Trinajstić information content (AvgIpc) is 3.07. The van der Waals surface area contributed by atoms with Crippen molar-refractivity contribution in [3.8, 4) is 0 Å². The van der Waals surface area contributed by atoms with Gasteiger partial charge in [-0.1, -0.05) is 17.7 Å². The predicted molar refractivity (Wildman–Crippen MR) is 91.8 cm³/mol. The van der Waals surface area contributed by atoms with Gasteiger partial charge in [-0.15, -0.1) is 0 Å². The van der Waals surface area contributed by atoms with Crippen LogP contribution in [-0.2, 0) is 17.6 Å². The van der Waals surface area contributed by atoms with Crippen molar-refractivity contribution in [3.63, 3.8) is 0 Å². The average molecular weight is 362 g/mol. The minimum atomic E-state index is -0.451. The second-order valence-corrected chi connectivity index (χ2v) is 6.08. The Labute approximate surface area is 149 Å². The lowest BCUT2D eigenvalue weighted by molar-refractivity contribution is -0.121. The van der Waals surface area contributed by atoms with Crippen molar-refractivity contribution in [2.24, 2.45) is 0 Å². The number of carbonyl (C=O) groups is 1. The van der Waals surface area contributed by atoms with Crippen LogP contribution in [-0.4, -0.2) is 32.0 Å². The van der Waals surface area contributed by atoms with Gasteiger partial charge in [0.05, 0.1) is 5.02 Å². The van der Waals surface area contributed by atoms with E-state index in [4.69, 9.17) is 11.6 Å². The topological polar surface area (TPSA) is 72.2 Å². The van der Waals surface area contributed by atoms with E-state index in [1.54, 1.807) is 22.8 Å². The first kappa shape index (κ1) is 17.3. The molecule has 2 heterocycles. The van der Waals surface area contributed by atoms with E-state index >= 15 is 0 Å². The number of nitrogens with zero attached hydrogens (tertiary/aromatic N) is 4. The van der Waals surface area contributed by atoms with Crippen LogP contribution in [0.3, 0.4) is 0 Å². The van der Waals surface area contributed by atoms with Crippen LogP contribution in [0.15, 0.2) is 36.9 Å². The van der Waals surface area contributed by atoms with Crippen molar-refractivity contribution in [3.05, 3.63) is 58.9 Å². The Bertz CT molecular complexity index is 882. The Kier molecular flexibility index (Phi) is 5.55. The molecule has 1 amide bonds. The van der Waals surface area contributed by atoms with Crippen molar-refractivity contribution in [2.45, 2.75) is 25.7 Å². The van der Waals surface area contributed by atoms with Crippen LogP contribution in [0.25, 0.3) is 5.78 Å². The molecular formula is C17H17ClFN5O. The van der Waals surface area contributed by atoms with E-state index in [0.29, 0.717) is 25.2 Å². The van der Waals surface area contributed by atoms with Gasteiger partial charge >= 0.3 is 0 Å². The third-order valence-electron chi connectivity index (χ3n) is 3.78. The molecule has 0 aliphatic heterocycles. The molecule has 25 heavy (non-hydrogen) atoms. The summed E-state index contributed by atoms with van der Waals surface area (Å²) in [5.74, 6) is 0.0803. The number of hydrogen-bond donors (Lipinski definition) is 1. The number of nitrogens with one attached hydrogen (secondary N) is 1. The van der Waals surface area contributed by atoms with E-state index in [9.17, 15) is 9.18 Å². The first-order valence-corrected chi connectivity index (χ1v) is 8.34. The normalized spacial score (nSPS) is 11.0. The molecule has 8 heteroatoms. The van der Waals surface area contributed by atoms with Gasteiger partial charge in [0.1, 0.15) is 12.1 Å². The summed E-state index contributed by atoms with van der Waals surface area (Å²) in [5, 5.41) is 7.00. The van der Waals surface area contributed by atoms with E-state index in [1.807, 2.05) is 6.20 Å². The summed E-state index contributed by atoms with van der Waals surface area (Å²) in [6.07, 6.45) is 7.57. The molecule has 0 spiro atoms. The number of fused-ring (bicyclic) bond motifs is 1. The van der Waals surface area contributed by atoms with Gasteiger partial charge in [0, 0.05) is 25.4 Å². The fourth-order valence-corrected chi connectivity index (χ4v) is 2.65. The lowest BCUT2D eigenvalue weighted by Gasteiger charge is -2.06. The summed E-state index contributed by atoms with van der Waals surface area (Å²) in [5.41, 5.74) is 1.88. The van der Waals surface area contributed by atoms with Crippen LogP contribution in [0.5, 0.6) is 0 Å². The van der Waals surface area contributed by atoms with E-state index in [1.165, 1.54) is 12.4 Å². The van der Waals surface area contributed by atoms with Crippen molar-refractivity contribution in [1.82, 2.24) is 24.9 Å². The number of halogens is 2. The highest BCUT2D eigenvalue weighted by molar-refractivity contribution is 6.30. The minimum absolute atomic E-state index is 0.0368. The van der Waals surface area contributed by atoms with Crippen molar-refractivity contribution in [1.29, 1.82) is 0 Å². The summed E-state index contributed by atoms with van der Waals surface area (Å²) in [6, 6.07) is 4.51. The Hall–Kier alpha value is -2.54. The van der Waals surface area contributed by atoms with Gasteiger partial charge in [0.25, 0.3) is 5.78 Å². The zero-order chi connectivity index (χ0) is 17.6. The van der Waals surface area contributed by atoms with E-state index in [0.717, 1.165) is 24.0 Å². The fourth-order valence-electron chi connectivity index (χ4n) is 2.45. The molecule has 3 rings (SSSR count). The van der Waals surface area contributed by atoms with Gasteiger partial charge in [-0.25, -0.2) is 13.9 Å². The highest BCUT2D eigenvalue weighted by Crippen LogP contribution is 2.16. The van der Waals surface area contributed by atoms with Gasteiger partial charge in [-0.3, -0.25) is 4.79 Å². The van der Waals surface area contributed by atoms with Crippen LogP contribution in [0, 0.1) is 5.82 Å². The summed E-state index contributed by atoms with van der Waals surface area (Å²) in [6.45, 7) is 0.582. The smallest absolute Gasteiger partial charge is 0.252 e. The molecule has 3 aromatic rings. The second kappa shape index (κ2) is 8.02. The second-order valence-electron chi connectivity index (χ2n) is 5.67. The summed E-state index contributed by atoms with van der Waals surface area (Å²) in [4.78, 5) is 20.1. The molecule has 0 radical (unpaired) electrons. The molecule has 0 aliphatic carbocycles. The lowest BCUT2D eigenvalue weighted by Crippen LogP contribution is -2.25. The molecule has 1 aromatic carbocycles. The number of hydrogen-bond acceptors (Lipinski definition) is 4. The number of aryl methyl sites for hydroxylation is 2. The number of amides is 1. The summed E-state index contributed by atoms with van der Waals surface area (Å²) in [7, 11) is 0. The van der Waals surface area contributed by atoms with Crippen LogP contribution in [0.2, 0.25) is 5.02 Å². The van der Waals surface area contributed by atoms with E-state index < -0.39 is 5.82 Å². The molecule has 0 saturated carbocycles. The van der Waals surface area contributed by atoms with Crippen molar-refractivity contribution in [2.75, 3.05) is 6.54 Å². The van der Waals surface area contributed by atoms with Gasteiger partial charge in [-0.05, 0) is 42.5 Å². The molecule has 0 atom stereocenters. The molecule has 0 fully saturated rings. The zero-order valence-corrected chi connectivity index (χ0v) is 14.2. The van der Waals surface area contributed by atoms with Gasteiger partial charge < -0.3 is 5.32 Å². The number of benzene rings is 1. The number of rotatable bonds is 7. The van der Waals surface area contributed by atoms with Crippen LogP contribution >= 0.6 is 11.6 Å². The highest BCUT2D eigenvalue weighted by atomic mass is 35.5. The third-order valence-corrected chi connectivity index (χ3v) is 4.07. The van der Waals surface area contributed by atoms with Gasteiger partial charge in [0.2, 0.25) is 5.91 Å². The Morgan fingerprint density at radius 1 is 1.24 bits per heavy atom. The first-order valence-electron chi connectivity index (χ1n) is 7.97. The molecular weight excluding hydrogens is 345 g/mol. The summed E-state index contributed by atoms with van der Waals surface area (Å²) >= 11 is 5.73. The van der Waals surface area contributed by atoms with Gasteiger partial charge in [0.15, 0.2) is 0 Å².